The van der Waals surface area contributed by atoms with Gasteiger partial charge in [0.05, 0.1) is 22.3 Å². The third-order valence-corrected chi connectivity index (χ3v) is 5.63. The number of para-hydroxylation sites is 2. The van der Waals surface area contributed by atoms with Gasteiger partial charge in [0.25, 0.3) is 11.8 Å². The van der Waals surface area contributed by atoms with Crippen molar-refractivity contribution < 1.29 is 144 Å². The van der Waals surface area contributed by atoms with Crippen molar-refractivity contribution in [1.82, 2.24) is 10.6 Å². The Kier molecular flexibility index (Phi) is 131. The number of carboxylic acid groups (broad SMARTS) is 2. The first kappa shape index (κ1) is 117. The summed E-state index contributed by atoms with van der Waals surface area (Å²) in [5, 5.41) is 53.7. The Bertz CT molecular complexity index is 1620. The summed E-state index contributed by atoms with van der Waals surface area (Å²) in [7, 11) is 2.92. The molecule has 4 aromatic rings. The van der Waals surface area contributed by atoms with Gasteiger partial charge in [0.1, 0.15) is 18.3 Å². The van der Waals surface area contributed by atoms with E-state index in [1.165, 1.54) is 52.2 Å². The Morgan fingerprint density at radius 3 is 0.792 bits per heavy atom. The molecule has 8 N–H and O–H groups in total. The molecule has 420 valence electrons. The number of esters is 2. The van der Waals surface area contributed by atoms with Crippen LogP contribution in [0.1, 0.15) is 158 Å². The number of phenols is 2. The molecule has 0 saturated carbocycles. The van der Waals surface area contributed by atoms with Gasteiger partial charge in [0, 0.05) is 93.4 Å². The van der Waals surface area contributed by atoms with Gasteiger partial charge in [-0.15, -0.1) is 0 Å². The second-order valence-corrected chi connectivity index (χ2v) is 9.71. The predicted octanol–water partition coefficient (Wildman–Crippen LogP) is 11.9. The number of carbonyl (C=O) groups is 6. The summed E-state index contributed by atoms with van der Waals surface area (Å²) in [5.74, 6) is -3.20. The molecule has 72 heavy (non-hydrogen) atoms. The maximum absolute atomic E-state index is 11.2. The van der Waals surface area contributed by atoms with E-state index in [0.29, 0.717) is 11.5 Å². The smallest absolute Gasteiger partial charge is 0.336 e. The number of hydrogen-bond acceptors (Lipinski definition) is 14. The fraction of sp³-hybridized carbons (Fsp3) is 0.423. The van der Waals surface area contributed by atoms with Crippen LogP contribution in [0.3, 0.4) is 0 Å². The van der Waals surface area contributed by atoms with Gasteiger partial charge in [-0.3, -0.25) is 19.2 Å². The average molecular weight is 1190 g/mol. The van der Waals surface area contributed by atoms with E-state index in [0.717, 1.165) is 0 Å². The Morgan fingerprint density at radius 2 is 0.625 bits per heavy atom. The summed E-state index contributed by atoms with van der Waals surface area (Å²) in [4.78, 5) is 64.1. The summed E-state index contributed by atoms with van der Waals surface area (Å²) in [6.07, 6.45) is 0. The van der Waals surface area contributed by atoms with Crippen molar-refractivity contribution in [3.63, 3.8) is 0 Å². The normalized spacial score (nSPS) is 7.06. The number of aromatic carboxylic acids is 2. The van der Waals surface area contributed by atoms with Crippen LogP contribution < -0.4 is 10.6 Å². The minimum absolute atomic E-state index is 0. The topological polar surface area (TPSA) is 285 Å². The van der Waals surface area contributed by atoms with Crippen molar-refractivity contribution >= 4 is 35.7 Å². The van der Waals surface area contributed by atoms with Gasteiger partial charge in [-0.25, -0.2) is 9.59 Å². The standard InChI is InChI=1S/2C9H9NO3.C7H12O6.2C6H6O.C2H6.CH4O2.12CH4.2Y/c2*1-10-8(11)6-4-2-3-5-7(6)9(12)13;1-6(8)12-4-10-3-11-5-13-7(2)9;2*7-6-4-2-1-3-5-6;1-2;2-1-3;;;;;;;;;;;;;;/h2*2-5H,1H3,(H,10,11)(H,12,13);3-5H2,1-2H3;2*1-5,7H;1-2H3;2-3H,1H2;12*1H4;;. The number of hydrogen-bond donors (Lipinski definition) is 8. The molecule has 0 aliphatic rings. The fourth-order valence-electron chi connectivity index (χ4n) is 3.24. The van der Waals surface area contributed by atoms with Gasteiger partial charge in [0.15, 0.2) is 20.4 Å². The van der Waals surface area contributed by atoms with E-state index in [1.54, 1.807) is 72.8 Å². The number of rotatable bonds is 10. The van der Waals surface area contributed by atoms with Gasteiger partial charge in [0.2, 0.25) is 0 Å². The van der Waals surface area contributed by atoms with E-state index in [2.05, 4.69) is 29.6 Å². The number of aliphatic hydroxyl groups excluding tert-OH is 1. The number of aromatic hydroxyl groups is 2. The third-order valence-electron chi connectivity index (χ3n) is 5.63. The van der Waals surface area contributed by atoms with Crippen molar-refractivity contribution in [3.8, 4) is 11.5 Å². The molecule has 0 heterocycles. The van der Waals surface area contributed by atoms with Crippen molar-refractivity contribution in [2.45, 2.75) is 117 Å². The van der Waals surface area contributed by atoms with E-state index < -0.39 is 42.5 Å². The average Bonchev–Trinajstić information content (AvgIpc) is 3.22. The first-order chi connectivity index (χ1) is 27.7. The molecule has 0 spiro atoms. The molecule has 18 nitrogen and oxygen atoms in total. The molecule has 0 unspecified atom stereocenters. The van der Waals surface area contributed by atoms with Gasteiger partial charge < -0.3 is 60.2 Å². The Labute approximate surface area is 487 Å². The van der Waals surface area contributed by atoms with Crippen LogP contribution in [-0.2, 0) is 94.0 Å². The van der Waals surface area contributed by atoms with Gasteiger partial charge in [-0.1, -0.05) is 164 Å². The van der Waals surface area contributed by atoms with Crippen LogP contribution in [0.15, 0.2) is 109 Å². The van der Waals surface area contributed by atoms with Gasteiger partial charge in [-0.2, -0.15) is 0 Å². The number of ether oxygens (including phenoxy) is 4. The Balaban J connectivity index is -0.0000000331. The number of aliphatic hydroxyl groups is 2. The molecule has 2 amide bonds. The Morgan fingerprint density at radius 1 is 0.417 bits per heavy atom. The second-order valence-electron chi connectivity index (χ2n) is 9.71. The maximum Gasteiger partial charge on any atom is 0.336 e. The summed E-state index contributed by atoms with van der Waals surface area (Å²) in [6, 6.07) is 29.6. The van der Waals surface area contributed by atoms with Crippen molar-refractivity contribution in [1.29, 1.82) is 0 Å². The number of carbonyl (C=O) groups excluding carboxylic acids is 4. The second kappa shape index (κ2) is 80.4. The molecule has 0 aliphatic heterocycles. The van der Waals surface area contributed by atoms with Crippen molar-refractivity contribution in [2.24, 2.45) is 0 Å². The van der Waals surface area contributed by atoms with Crippen LogP contribution in [0, 0.1) is 0 Å². The molecule has 0 atom stereocenters. The van der Waals surface area contributed by atoms with Crippen molar-refractivity contribution in [3.05, 3.63) is 131 Å². The molecule has 4 aromatic carbocycles. The zero-order valence-corrected chi connectivity index (χ0v) is 39.8. The molecule has 4 rings (SSSR count). The summed E-state index contributed by atoms with van der Waals surface area (Å²) in [5.41, 5.74) is 0.388. The summed E-state index contributed by atoms with van der Waals surface area (Å²) < 4.78 is 18.2. The predicted molar refractivity (Wildman–Crippen MR) is 292 cm³/mol. The Hall–Kier alpha value is -4.65. The van der Waals surface area contributed by atoms with Crippen LogP contribution in [-0.4, -0.2) is 108 Å². The zero-order chi connectivity index (χ0) is 44.7. The van der Waals surface area contributed by atoms with E-state index in [1.807, 2.05) is 26.0 Å². The molecule has 2 radical (unpaired) electrons. The largest absolute Gasteiger partial charge is 0.508 e. The molecule has 0 aliphatic carbocycles. The van der Waals surface area contributed by atoms with E-state index in [9.17, 15) is 28.8 Å². The monoisotopic (exact) mass is 1190 g/mol. The quantitative estimate of drug-likeness (QED) is 0.0416. The van der Waals surface area contributed by atoms with Crippen LogP contribution in [0.2, 0.25) is 0 Å². The van der Waals surface area contributed by atoms with E-state index >= 15 is 0 Å². The molecular weight excluding hydrogens is 1090 g/mol. The SMILES string of the molecule is C.C.C.C.C.C.C.C.C.C.C.C.CC.CC(=O)OCOCOCOC(C)=O.CNC(=O)c1ccccc1C(=O)O.CNC(=O)c1ccccc1C(=O)O.OCO.Oc1ccccc1.Oc1ccccc1.[Y].[Y]. The molecule has 0 bridgehead atoms. The van der Waals surface area contributed by atoms with Crippen molar-refractivity contribution in [2.75, 3.05) is 41.3 Å². The third kappa shape index (κ3) is 67.4. The van der Waals surface area contributed by atoms with Gasteiger partial charge in [-0.05, 0) is 48.5 Å². The number of nitrogens with one attached hydrogen (secondary N) is 2. The molecule has 20 heteroatoms. The van der Waals surface area contributed by atoms with E-state index in [-0.39, 0.29) is 197 Å². The molecule has 0 fully saturated rings. The molecule has 0 aromatic heterocycles. The number of carboxylic acids is 2. The van der Waals surface area contributed by atoms with Crippen LogP contribution in [0.5, 0.6) is 11.5 Å². The van der Waals surface area contributed by atoms with Crippen LogP contribution in [0.4, 0.5) is 0 Å². The first-order valence-corrected chi connectivity index (χ1v) is 16.9. The maximum atomic E-state index is 11.2. The van der Waals surface area contributed by atoms with Gasteiger partial charge >= 0.3 is 23.9 Å². The van der Waals surface area contributed by atoms with Crippen LogP contribution in [0.25, 0.3) is 0 Å². The number of benzene rings is 4. The number of amides is 2. The summed E-state index contributed by atoms with van der Waals surface area (Å²) in [6.45, 7) is 5.34. The number of phenolic OH excluding ortho intramolecular Hbond substituents is 2. The first-order valence-electron chi connectivity index (χ1n) is 16.9. The molecular formula is C52H100N2O16Y2. The minimum Gasteiger partial charge on any atom is -0.508 e. The fourth-order valence-corrected chi connectivity index (χ4v) is 3.24. The summed E-state index contributed by atoms with van der Waals surface area (Å²) >= 11 is 0. The van der Waals surface area contributed by atoms with Crippen LogP contribution >= 0.6 is 0 Å². The minimum atomic E-state index is -1.10. The zero-order valence-electron chi connectivity index (χ0n) is 34.1. The van der Waals surface area contributed by atoms with E-state index in [4.69, 9.17) is 30.6 Å². The molecule has 0 saturated heterocycles.